The number of halogens is 2. The van der Waals surface area contributed by atoms with Crippen molar-refractivity contribution in [1.82, 2.24) is 0 Å². The van der Waals surface area contributed by atoms with Crippen LogP contribution in [0, 0.1) is 0 Å². The molecule has 0 fully saturated rings. The Balaban J connectivity index is 3.29. The van der Waals surface area contributed by atoms with Gasteiger partial charge in [0.1, 0.15) is 0 Å². The van der Waals surface area contributed by atoms with Crippen molar-refractivity contribution in [3.63, 3.8) is 0 Å². The van der Waals surface area contributed by atoms with Gasteiger partial charge in [-0.1, -0.05) is 11.6 Å². The fourth-order valence-corrected chi connectivity index (χ4v) is 1.32. The van der Waals surface area contributed by atoms with E-state index in [4.69, 9.17) is 22.1 Å². The van der Waals surface area contributed by atoms with Gasteiger partial charge >= 0.3 is 0 Å². The number of anilines is 1. The van der Waals surface area contributed by atoms with Crippen LogP contribution in [0.4, 0.5) is 5.69 Å². The highest BCUT2D eigenvalue weighted by atomic mass is 79.9. The maximum atomic E-state index is 5.85. The van der Waals surface area contributed by atoms with Gasteiger partial charge < -0.3 is 10.5 Å². The van der Waals surface area contributed by atoms with Crippen LogP contribution in [0.2, 0.25) is 5.02 Å². The molecule has 0 aliphatic heterocycles. The zero-order chi connectivity index (χ0) is 8.43. The second-order valence-electron chi connectivity index (χ2n) is 1.98. The molecule has 2 N–H and O–H groups in total. The van der Waals surface area contributed by atoms with Crippen molar-refractivity contribution in [2.24, 2.45) is 0 Å². The van der Waals surface area contributed by atoms with E-state index in [1.807, 2.05) is 0 Å². The van der Waals surface area contributed by atoms with Crippen LogP contribution in [0.25, 0.3) is 0 Å². The molecule has 0 saturated carbocycles. The molecule has 0 aliphatic rings. The van der Waals surface area contributed by atoms with Crippen molar-refractivity contribution >= 4 is 33.2 Å². The van der Waals surface area contributed by atoms with Crippen molar-refractivity contribution in [3.8, 4) is 5.75 Å². The Kier molecular flexibility index (Phi) is 2.62. The lowest BCUT2D eigenvalue weighted by molar-refractivity contribution is 0.417. The van der Waals surface area contributed by atoms with Gasteiger partial charge in [-0.3, -0.25) is 0 Å². The van der Waals surface area contributed by atoms with Gasteiger partial charge in [-0.2, -0.15) is 0 Å². The summed E-state index contributed by atoms with van der Waals surface area (Å²) in [4.78, 5) is 0. The highest BCUT2D eigenvalue weighted by Gasteiger charge is 2.07. The van der Waals surface area contributed by atoms with Crippen LogP contribution in [0.1, 0.15) is 0 Å². The van der Waals surface area contributed by atoms with Gasteiger partial charge in [-0.15, -0.1) is 0 Å². The predicted molar refractivity (Wildman–Crippen MR) is 50.1 cm³/mol. The van der Waals surface area contributed by atoms with E-state index in [0.29, 0.717) is 16.5 Å². The van der Waals surface area contributed by atoms with Crippen molar-refractivity contribution in [2.75, 3.05) is 12.8 Å². The van der Waals surface area contributed by atoms with E-state index in [1.54, 1.807) is 12.1 Å². The first kappa shape index (κ1) is 8.68. The van der Waals surface area contributed by atoms with E-state index >= 15 is 0 Å². The van der Waals surface area contributed by atoms with E-state index in [2.05, 4.69) is 15.9 Å². The molecule has 0 unspecified atom stereocenters. The first-order valence-corrected chi connectivity index (χ1v) is 4.11. The summed E-state index contributed by atoms with van der Waals surface area (Å²) in [6, 6.07) is 3.51. The maximum absolute atomic E-state index is 5.85. The monoisotopic (exact) mass is 235 g/mol. The lowest BCUT2D eigenvalue weighted by Crippen LogP contribution is -1.92. The summed E-state index contributed by atoms with van der Waals surface area (Å²) in [6.45, 7) is 0. The fraction of sp³-hybridized carbons (Fsp3) is 0.143. The number of nitrogen functional groups attached to an aromatic ring is 1. The van der Waals surface area contributed by atoms with Crippen LogP contribution >= 0.6 is 27.5 Å². The molecule has 60 valence electrons. The summed E-state index contributed by atoms with van der Waals surface area (Å²) >= 11 is 9.10. The number of methoxy groups -OCH3 is 1. The van der Waals surface area contributed by atoms with E-state index in [-0.39, 0.29) is 0 Å². The largest absolute Gasteiger partial charge is 0.493 e. The van der Waals surface area contributed by atoms with E-state index in [1.165, 1.54) is 7.11 Å². The predicted octanol–water partition coefficient (Wildman–Crippen LogP) is 2.69. The number of ether oxygens (including phenoxy) is 1. The van der Waals surface area contributed by atoms with Gasteiger partial charge in [0.15, 0.2) is 5.75 Å². The third-order valence-corrected chi connectivity index (χ3v) is 2.55. The molecule has 0 bridgehead atoms. The number of hydrogen-bond acceptors (Lipinski definition) is 2. The molecule has 0 saturated heterocycles. The Morgan fingerprint density at radius 3 is 2.64 bits per heavy atom. The molecule has 2 nitrogen and oxygen atoms in total. The molecule has 4 heteroatoms. The number of benzene rings is 1. The molecule has 0 aliphatic carbocycles. The molecule has 0 heterocycles. The van der Waals surface area contributed by atoms with Crippen LogP contribution in [0.15, 0.2) is 16.6 Å². The Bertz CT molecular complexity index is 277. The molecule has 0 spiro atoms. The standard InChI is InChI=1S/C7H7BrClNO/c1-11-7-5(10)3-2-4(8)6(7)9/h2-3H,10H2,1H3. The Morgan fingerprint density at radius 1 is 1.55 bits per heavy atom. The average molecular weight is 236 g/mol. The van der Waals surface area contributed by atoms with Gasteiger partial charge in [-0.25, -0.2) is 0 Å². The van der Waals surface area contributed by atoms with Gasteiger partial charge in [-0.05, 0) is 28.1 Å². The molecule has 0 amide bonds. The van der Waals surface area contributed by atoms with E-state index < -0.39 is 0 Å². The molecule has 1 rings (SSSR count). The summed E-state index contributed by atoms with van der Waals surface area (Å²) in [5, 5.41) is 0.507. The summed E-state index contributed by atoms with van der Waals surface area (Å²) in [5.41, 5.74) is 6.11. The number of nitrogens with two attached hydrogens (primary N) is 1. The van der Waals surface area contributed by atoms with Crippen molar-refractivity contribution in [3.05, 3.63) is 21.6 Å². The average Bonchev–Trinajstić information content (AvgIpc) is 1.99. The third kappa shape index (κ3) is 1.60. The summed E-state index contributed by atoms with van der Waals surface area (Å²) in [5.74, 6) is 0.515. The first-order valence-electron chi connectivity index (χ1n) is 2.94. The Hall–Kier alpha value is -0.410. The lowest BCUT2D eigenvalue weighted by Gasteiger charge is -2.06. The molecule has 0 radical (unpaired) electrons. The fourth-order valence-electron chi connectivity index (χ4n) is 0.754. The molecular formula is C7H7BrClNO. The minimum absolute atomic E-state index is 0.507. The van der Waals surface area contributed by atoms with Crippen LogP contribution in [0.5, 0.6) is 5.75 Å². The van der Waals surface area contributed by atoms with Gasteiger partial charge in [0.05, 0.1) is 17.8 Å². The van der Waals surface area contributed by atoms with E-state index in [9.17, 15) is 0 Å². The summed E-state index contributed by atoms with van der Waals surface area (Å²) in [7, 11) is 1.53. The van der Waals surface area contributed by atoms with Crippen molar-refractivity contribution in [1.29, 1.82) is 0 Å². The van der Waals surface area contributed by atoms with Gasteiger partial charge in [0.2, 0.25) is 0 Å². The molecule has 11 heavy (non-hydrogen) atoms. The minimum Gasteiger partial charge on any atom is -0.493 e. The van der Waals surface area contributed by atoms with Crippen molar-refractivity contribution in [2.45, 2.75) is 0 Å². The summed E-state index contributed by atoms with van der Waals surface area (Å²) in [6.07, 6.45) is 0. The Morgan fingerprint density at radius 2 is 2.18 bits per heavy atom. The van der Waals surface area contributed by atoms with Crippen LogP contribution in [0.3, 0.4) is 0 Å². The molecule has 0 aromatic heterocycles. The highest BCUT2D eigenvalue weighted by molar-refractivity contribution is 9.10. The second-order valence-corrected chi connectivity index (χ2v) is 3.22. The first-order chi connectivity index (χ1) is 5.16. The topological polar surface area (TPSA) is 35.2 Å². The number of rotatable bonds is 1. The van der Waals surface area contributed by atoms with Crippen molar-refractivity contribution < 1.29 is 4.74 Å². The summed E-state index contributed by atoms with van der Waals surface area (Å²) < 4.78 is 5.75. The molecular weight excluding hydrogens is 229 g/mol. The molecule has 1 aromatic rings. The molecule has 0 atom stereocenters. The normalized spacial score (nSPS) is 9.73. The zero-order valence-electron chi connectivity index (χ0n) is 5.90. The number of hydrogen-bond donors (Lipinski definition) is 1. The highest BCUT2D eigenvalue weighted by Crippen LogP contribution is 2.36. The molecule has 1 aromatic carbocycles. The lowest BCUT2D eigenvalue weighted by atomic mass is 10.3. The van der Waals surface area contributed by atoms with Gasteiger partial charge in [0, 0.05) is 4.47 Å². The second kappa shape index (κ2) is 3.32. The smallest absolute Gasteiger partial charge is 0.161 e. The zero-order valence-corrected chi connectivity index (χ0v) is 8.24. The quantitative estimate of drug-likeness (QED) is 0.761. The van der Waals surface area contributed by atoms with Crippen LogP contribution in [-0.2, 0) is 0 Å². The minimum atomic E-state index is 0.507. The van der Waals surface area contributed by atoms with E-state index in [0.717, 1.165) is 4.47 Å². The van der Waals surface area contributed by atoms with Crippen LogP contribution < -0.4 is 10.5 Å². The maximum Gasteiger partial charge on any atom is 0.161 e. The third-order valence-electron chi connectivity index (χ3n) is 1.28. The SMILES string of the molecule is COc1c(N)ccc(Br)c1Cl. The Labute approximate surface area is 78.4 Å². The van der Waals surface area contributed by atoms with Crippen LogP contribution in [-0.4, -0.2) is 7.11 Å². The van der Waals surface area contributed by atoms with Gasteiger partial charge in [0.25, 0.3) is 0 Å².